The summed E-state index contributed by atoms with van der Waals surface area (Å²) >= 11 is 0. The fourth-order valence-corrected chi connectivity index (χ4v) is 13.9. The Hall–Kier alpha value is -9.24. The highest BCUT2D eigenvalue weighted by molar-refractivity contribution is 6.13. The first-order chi connectivity index (χ1) is 37.6. The largest absolute Gasteiger partial charge is 0.309 e. The van der Waals surface area contributed by atoms with Gasteiger partial charge in [-0.25, -0.2) is 0 Å². The van der Waals surface area contributed by atoms with E-state index in [1.807, 2.05) is 0 Å². The lowest BCUT2D eigenvalue weighted by Crippen LogP contribution is -2.28. The summed E-state index contributed by atoms with van der Waals surface area (Å²) < 4.78 is 4.89. The van der Waals surface area contributed by atoms with Crippen molar-refractivity contribution < 1.29 is 0 Å². The molecule has 0 atom stereocenters. The predicted molar refractivity (Wildman–Crippen MR) is 321 cm³/mol. The van der Waals surface area contributed by atoms with Gasteiger partial charge in [0.15, 0.2) is 0 Å². The van der Waals surface area contributed by atoms with E-state index in [1.54, 1.807) is 0 Å². The van der Waals surface area contributed by atoms with Crippen LogP contribution in [-0.4, -0.2) is 9.13 Å². The normalized spacial score (nSPS) is 13.9. The number of hydrogen-bond donors (Lipinski definition) is 0. The zero-order valence-corrected chi connectivity index (χ0v) is 42.2. The van der Waals surface area contributed by atoms with Crippen molar-refractivity contribution in [3.8, 4) is 67.0 Å². The third-order valence-corrected chi connectivity index (χ3v) is 17.5. The summed E-state index contributed by atoms with van der Waals surface area (Å²) in [5.74, 6) is 0. The number of nitrogens with zero attached hydrogens (tertiary/aromatic N) is 2. The molecule has 2 heteroatoms. The quantitative estimate of drug-likeness (QED) is 0.157. The van der Waals surface area contributed by atoms with E-state index < -0.39 is 0 Å². The van der Waals surface area contributed by atoms with Crippen LogP contribution in [0.5, 0.6) is 0 Å². The van der Waals surface area contributed by atoms with Gasteiger partial charge in [-0.3, -0.25) is 0 Å². The monoisotopic (exact) mass is 968 g/mol. The Morgan fingerprint density at radius 3 is 1.04 bits per heavy atom. The maximum atomic E-state index is 2.55. The summed E-state index contributed by atoms with van der Waals surface area (Å²) in [5.41, 5.74) is 23.2. The van der Waals surface area contributed by atoms with Gasteiger partial charge in [-0.2, -0.15) is 0 Å². The third kappa shape index (κ3) is 6.53. The molecule has 0 saturated heterocycles. The van der Waals surface area contributed by atoms with Crippen LogP contribution in [0.1, 0.15) is 43.2 Å². The van der Waals surface area contributed by atoms with Crippen LogP contribution in [0.15, 0.2) is 255 Å². The van der Waals surface area contributed by atoms with Gasteiger partial charge >= 0.3 is 0 Å². The molecule has 16 rings (SSSR count). The van der Waals surface area contributed by atoms with Crippen LogP contribution in [0.2, 0.25) is 0 Å². The zero-order chi connectivity index (χ0) is 49.9. The molecule has 2 aliphatic rings. The van der Waals surface area contributed by atoms with Crippen molar-refractivity contribution in [2.75, 3.05) is 0 Å². The SMILES string of the molecule is c1ccc2c(-n3c4ccccc4c4cc(-c5ccc(-c6ccc7c(c6)C6(CCCCC6)c6cc(-c8ccc(-c9ccc%10c(c9)c9ccccc9n%10-c9cccc%10ccccc9%10)cc8)ccc6-7)cc5)ccc43)cccc2c1. The molecule has 76 heavy (non-hydrogen) atoms. The molecular formula is C74H52N2. The summed E-state index contributed by atoms with van der Waals surface area (Å²) in [6, 6.07) is 95.7. The maximum absolute atomic E-state index is 2.55. The molecule has 2 aromatic heterocycles. The van der Waals surface area contributed by atoms with E-state index >= 15 is 0 Å². The molecule has 2 heterocycles. The topological polar surface area (TPSA) is 9.86 Å². The standard InChI is InChI=1S/C74H52N2/c1-10-42-74(43-11-1)66-46-56(50-30-26-48(27-31-50)54-36-40-72-64(44-54)62-20-6-8-22-70(62)75(72)68-24-12-16-52-14-2-4-18-58(52)68)34-38-60(66)61-39-35-57(47-67(61)74)51-32-28-49(29-33-51)55-37-41-73-65(45-55)63-21-7-9-23-71(63)76(73)69-25-13-17-53-15-3-5-19-59(53)69/h2-9,12-41,44-47H,1,10-11,42-43H2. The molecule has 12 aromatic carbocycles. The number of para-hydroxylation sites is 2. The minimum Gasteiger partial charge on any atom is -0.309 e. The molecule has 2 aliphatic carbocycles. The minimum absolute atomic E-state index is 0.0239. The van der Waals surface area contributed by atoms with Crippen LogP contribution < -0.4 is 0 Å². The molecule has 0 aliphatic heterocycles. The van der Waals surface area contributed by atoms with Crippen molar-refractivity contribution in [1.29, 1.82) is 0 Å². The van der Waals surface area contributed by atoms with Gasteiger partial charge in [0, 0.05) is 37.7 Å². The Bertz CT molecular complexity index is 4350. The van der Waals surface area contributed by atoms with Crippen molar-refractivity contribution in [1.82, 2.24) is 9.13 Å². The van der Waals surface area contributed by atoms with Gasteiger partial charge in [-0.1, -0.05) is 213 Å². The highest BCUT2D eigenvalue weighted by Crippen LogP contribution is 2.57. The van der Waals surface area contributed by atoms with Crippen molar-refractivity contribution in [2.45, 2.75) is 37.5 Å². The summed E-state index contributed by atoms with van der Waals surface area (Å²) in [5, 5.41) is 10.1. The molecule has 2 nitrogen and oxygen atoms in total. The van der Waals surface area contributed by atoms with Crippen LogP contribution in [-0.2, 0) is 5.41 Å². The van der Waals surface area contributed by atoms with Crippen LogP contribution in [0.3, 0.4) is 0 Å². The molecule has 1 saturated carbocycles. The second-order valence-corrected chi connectivity index (χ2v) is 21.5. The Balaban J connectivity index is 0.707. The van der Waals surface area contributed by atoms with E-state index in [1.165, 1.54) is 175 Å². The van der Waals surface area contributed by atoms with Gasteiger partial charge in [-0.05, 0) is 151 Å². The smallest absolute Gasteiger partial charge is 0.0541 e. The Morgan fingerprint density at radius 2 is 0.592 bits per heavy atom. The molecule has 358 valence electrons. The summed E-state index contributed by atoms with van der Waals surface area (Å²) in [6.07, 6.45) is 6.20. The Labute approximate surface area is 442 Å². The second kappa shape index (κ2) is 16.9. The predicted octanol–water partition coefficient (Wildman–Crippen LogP) is 20.1. The van der Waals surface area contributed by atoms with Gasteiger partial charge in [0.25, 0.3) is 0 Å². The van der Waals surface area contributed by atoms with E-state index in [4.69, 9.17) is 0 Å². The minimum atomic E-state index is 0.0239. The fraction of sp³-hybridized carbons (Fsp3) is 0.0811. The van der Waals surface area contributed by atoms with Gasteiger partial charge in [0.05, 0.1) is 33.4 Å². The maximum Gasteiger partial charge on any atom is 0.0541 e. The fourth-order valence-electron chi connectivity index (χ4n) is 13.9. The van der Waals surface area contributed by atoms with Crippen molar-refractivity contribution in [2.24, 2.45) is 0 Å². The first kappa shape index (κ1) is 43.2. The van der Waals surface area contributed by atoms with Crippen molar-refractivity contribution in [3.63, 3.8) is 0 Å². The summed E-state index contributed by atoms with van der Waals surface area (Å²) in [7, 11) is 0. The molecule has 0 unspecified atom stereocenters. The molecule has 1 spiro atoms. The van der Waals surface area contributed by atoms with Gasteiger partial charge in [-0.15, -0.1) is 0 Å². The Kier molecular flexibility index (Phi) is 9.60. The number of hydrogen-bond acceptors (Lipinski definition) is 0. The average Bonchev–Trinajstić information content (AvgIpc) is 4.10. The molecule has 0 radical (unpaired) electrons. The number of benzene rings is 12. The van der Waals surface area contributed by atoms with E-state index in [0.29, 0.717) is 0 Å². The van der Waals surface area contributed by atoms with Gasteiger partial charge in [0.1, 0.15) is 0 Å². The van der Waals surface area contributed by atoms with E-state index in [9.17, 15) is 0 Å². The first-order valence-corrected chi connectivity index (χ1v) is 27.2. The summed E-state index contributed by atoms with van der Waals surface area (Å²) in [4.78, 5) is 0. The Morgan fingerprint density at radius 1 is 0.250 bits per heavy atom. The number of fused-ring (bicyclic) bond motifs is 13. The summed E-state index contributed by atoms with van der Waals surface area (Å²) in [6.45, 7) is 0. The molecule has 14 aromatic rings. The molecule has 0 bridgehead atoms. The van der Waals surface area contributed by atoms with Crippen molar-refractivity contribution >= 4 is 65.2 Å². The van der Waals surface area contributed by atoms with Crippen LogP contribution >= 0.6 is 0 Å². The van der Waals surface area contributed by atoms with E-state index in [2.05, 4.69) is 264 Å². The van der Waals surface area contributed by atoms with Crippen LogP contribution in [0.4, 0.5) is 0 Å². The van der Waals surface area contributed by atoms with E-state index in [0.717, 1.165) is 0 Å². The first-order valence-electron chi connectivity index (χ1n) is 27.2. The lowest BCUT2D eigenvalue weighted by Gasteiger charge is -2.36. The second-order valence-electron chi connectivity index (χ2n) is 21.5. The third-order valence-electron chi connectivity index (χ3n) is 17.5. The molecule has 0 N–H and O–H groups in total. The lowest BCUT2D eigenvalue weighted by molar-refractivity contribution is 0.353. The molecule has 1 fully saturated rings. The van der Waals surface area contributed by atoms with Gasteiger partial charge < -0.3 is 9.13 Å². The zero-order valence-electron chi connectivity index (χ0n) is 42.2. The van der Waals surface area contributed by atoms with E-state index in [-0.39, 0.29) is 5.41 Å². The number of aromatic nitrogens is 2. The average molecular weight is 969 g/mol. The number of rotatable bonds is 6. The van der Waals surface area contributed by atoms with Crippen LogP contribution in [0.25, 0.3) is 132 Å². The molecule has 0 amide bonds. The van der Waals surface area contributed by atoms with Gasteiger partial charge in [0.2, 0.25) is 0 Å². The highest BCUT2D eigenvalue weighted by atomic mass is 15.0. The highest BCUT2D eigenvalue weighted by Gasteiger charge is 2.44. The van der Waals surface area contributed by atoms with Crippen molar-refractivity contribution in [3.05, 3.63) is 266 Å². The lowest BCUT2D eigenvalue weighted by atomic mass is 9.67. The van der Waals surface area contributed by atoms with Crippen LogP contribution in [0, 0.1) is 0 Å². The molecular weight excluding hydrogens is 917 g/mol.